The highest BCUT2D eigenvalue weighted by Crippen LogP contribution is 2.16. The molecule has 0 saturated carbocycles. The zero-order valence-corrected chi connectivity index (χ0v) is 9.19. The summed E-state index contributed by atoms with van der Waals surface area (Å²) in [4.78, 5) is 17.6. The molecule has 1 aliphatic heterocycles. The summed E-state index contributed by atoms with van der Waals surface area (Å²) in [6.45, 7) is 1.80. The van der Waals surface area contributed by atoms with E-state index >= 15 is 0 Å². The molecule has 0 N–H and O–H groups in total. The van der Waals surface area contributed by atoms with Gasteiger partial charge in [0, 0.05) is 29.1 Å². The Bertz CT molecular complexity index is 336. The molecule has 0 atom stereocenters. The number of hydrogen-bond donors (Lipinski definition) is 0. The van der Waals surface area contributed by atoms with Crippen LogP contribution in [0.3, 0.4) is 0 Å². The first kappa shape index (κ1) is 8.93. The third kappa shape index (κ3) is 1.67. The molecule has 2 rings (SSSR count). The van der Waals surface area contributed by atoms with Gasteiger partial charge in [-0.05, 0) is 35.1 Å². The molecule has 1 fully saturated rings. The zero-order chi connectivity index (χ0) is 9.26. The van der Waals surface area contributed by atoms with Crippen molar-refractivity contribution in [3.63, 3.8) is 0 Å². The molecule has 1 aliphatic rings. The molecule has 1 amide bonds. The van der Waals surface area contributed by atoms with Gasteiger partial charge in [-0.2, -0.15) is 0 Å². The SMILES string of the molecule is O=C(c1ccncc1I)N1CCC1. The quantitative estimate of drug-likeness (QED) is 0.734. The van der Waals surface area contributed by atoms with Crippen LogP contribution in [-0.2, 0) is 0 Å². The van der Waals surface area contributed by atoms with Crippen molar-refractivity contribution in [1.82, 2.24) is 9.88 Å². The first-order valence-electron chi connectivity index (χ1n) is 4.18. The molecule has 2 heterocycles. The molecule has 0 aromatic carbocycles. The molecular formula is C9H9IN2O. The minimum absolute atomic E-state index is 0.137. The predicted octanol–water partition coefficient (Wildman–Crippen LogP) is 1.53. The van der Waals surface area contributed by atoms with Crippen LogP contribution >= 0.6 is 22.6 Å². The second-order valence-corrected chi connectivity index (χ2v) is 4.16. The Morgan fingerprint density at radius 1 is 1.54 bits per heavy atom. The Morgan fingerprint density at radius 3 is 2.85 bits per heavy atom. The van der Waals surface area contributed by atoms with Crippen molar-refractivity contribution < 1.29 is 4.79 Å². The maximum Gasteiger partial charge on any atom is 0.255 e. The van der Waals surface area contributed by atoms with Crippen molar-refractivity contribution in [2.45, 2.75) is 6.42 Å². The largest absolute Gasteiger partial charge is 0.338 e. The van der Waals surface area contributed by atoms with Gasteiger partial charge in [0.2, 0.25) is 0 Å². The molecule has 1 saturated heterocycles. The van der Waals surface area contributed by atoms with Crippen LogP contribution in [0.25, 0.3) is 0 Å². The van der Waals surface area contributed by atoms with E-state index in [1.807, 2.05) is 4.90 Å². The van der Waals surface area contributed by atoms with Crippen molar-refractivity contribution in [3.05, 3.63) is 27.6 Å². The van der Waals surface area contributed by atoms with E-state index in [4.69, 9.17) is 0 Å². The highest BCUT2D eigenvalue weighted by Gasteiger charge is 2.22. The van der Waals surface area contributed by atoms with E-state index in [1.54, 1.807) is 18.5 Å². The van der Waals surface area contributed by atoms with Crippen LogP contribution in [0.1, 0.15) is 16.8 Å². The van der Waals surface area contributed by atoms with Gasteiger partial charge in [0.05, 0.1) is 5.56 Å². The van der Waals surface area contributed by atoms with Crippen LogP contribution in [-0.4, -0.2) is 28.9 Å². The summed E-state index contributed by atoms with van der Waals surface area (Å²) in [5.41, 5.74) is 0.773. The fourth-order valence-electron chi connectivity index (χ4n) is 1.24. The molecule has 0 spiro atoms. The molecule has 0 unspecified atom stereocenters. The monoisotopic (exact) mass is 288 g/mol. The Labute approximate surface area is 90.3 Å². The molecule has 1 aromatic heterocycles. The number of pyridine rings is 1. The Balaban J connectivity index is 2.24. The number of hydrogen-bond acceptors (Lipinski definition) is 2. The van der Waals surface area contributed by atoms with Gasteiger partial charge >= 0.3 is 0 Å². The molecular weight excluding hydrogens is 279 g/mol. The summed E-state index contributed by atoms with van der Waals surface area (Å²) < 4.78 is 0.928. The number of nitrogens with zero attached hydrogens (tertiary/aromatic N) is 2. The van der Waals surface area contributed by atoms with Crippen molar-refractivity contribution in [1.29, 1.82) is 0 Å². The Kier molecular flexibility index (Phi) is 2.48. The minimum atomic E-state index is 0.137. The highest BCUT2D eigenvalue weighted by molar-refractivity contribution is 14.1. The number of carbonyl (C=O) groups excluding carboxylic acids is 1. The van der Waals surface area contributed by atoms with Gasteiger partial charge in [0.1, 0.15) is 0 Å². The molecule has 0 radical (unpaired) electrons. The van der Waals surface area contributed by atoms with Gasteiger partial charge in [-0.3, -0.25) is 9.78 Å². The molecule has 68 valence electrons. The second-order valence-electron chi connectivity index (χ2n) is 3.00. The lowest BCUT2D eigenvalue weighted by atomic mass is 10.1. The molecule has 4 heteroatoms. The average molecular weight is 288 g/mol. The van der Waals surface area contributed by atoms with E-state index < -0.39 is 0 Å². The van der Waals surface area contributed by atoms with Crippen molar-refractivity contribution in [2.24, 2.45) is 0 Å². The summed E-state index contributed by atoms with van der Waals surface area (Å²) in [5, 5.41) is 0. The van der Waals surface area contributed by atoms with Gasteiger partial charge in [-0.1, -0.05) is 0 Å². The van der Waals surface area contributed by atoms with Crippen LogP contribution in [0.2, 0.25) is 0 Å². The van der Waals surface area contributed by atoms with Gasteiger partial charge in [0.25, 0.3) is 5.91 Å². The highest BCUT2D eigenvalue weighted by atomic mass is 127. The predicted molar refractivity (Wildman–Crippen MR) is 57.5 cm³/mol. The van der Waals surface area contributed by atoms with Gasteiger partial charge in [0.15, 0.2) is 0 Å². The molecule has 0 bridgehead atoms. The van der Waals surface area contributed by atoms with E-state index in [9.17, 15) is 4.79 Å². The summed E-state index contributed by atoms with van der Waals surface area (Å²) in [5.74, 6) is 0.137. The number of likely N-dealkylation sites (tertiary alicyclic amines) is 1. The summed E-state index contributed by atoms with van der Waals surface area (Å²) in [6.07, 6.45) is 4.51. The maximum atomic E-state index is 11.7. The first-order valence-corrected chi connectivity index (χ1v) is 5.25. The van der Waals surface area contributed by atoms with E-state index in [0.29, 0.717) is 0 Å². The van der Waals surface area contributed by atoms with E-state index in [2.05, 4.69) is 27.6 Å². The number of amides is 1. The van der Waals surface area contributed by atoms with Gasteiger partial charge < -0.3 is 4.90 Å². The molecule has 3 nitrogen and oxygen atoms in total. The number of carbonyl (C=O) groups is 1. The molecule has 1 aromatic rings. The maximum absolute atomic E-state index is 11.7. The second kappa shape index (κ2) is 3.61. The standard InChI is InChI=1S/C9H9IN2O/c10-8-6-11-3-2-7(8)9(13)12-4-1-5-12/h2-3,6H,1,4-5H2. The first-order chi connectivity index (χ1) is 6.29. The Hall–Kier alpha value is -0.650. The van der Waals surface area contributed by atoms with E-state index in [1.165, 1.54) is 0 Å². The summed E-state index contributed by atoms with van der Waals surface area (Å²) in [6, 6.07) is 1.78. The average Bonchev–Trinajstić information content (AvgIpc) is 2.01. The van der Waals surface area contributed by atoms with E-state index in [0.717, 1.165) is 28.6 Å². The third-order valence-electron chi connectivity index (χ3n) is 2.15. The summed E-state index contributed by atoms with van der Waals surface area (Å²) in [7, 11) is 0. The third-order valence-corrected chi connectivity index (χ3v) is 3.01. The lowest BCUT2D eigenvalue weighted by molar-refractivity contribution is 0.0650. The lowest BCUT2D eigenvalue weighted by Crippen LogP contribution is -2.42. The summed E-state index contributed by atoms with van der Waals surface area (Å²) >= 11 is 2.14. The molecule has 0 aliphatic carbocycles. The fraction of sp³-hybridized carbons (Fsp3) is 0.333. The smallest absolute Gasteiger partial charge is 0.255 e. The fourth-order valence-corrected chi connectivity index (χ4v) is 1.81. The zero-order valence-electron chi connectivity index (χ0n) is 7.03. The van der Waals surface area contributed by atoms with Crippen molar-refractivity contribution in [2.75, 3.05) is 13.1 Å². The van der Waals surface area contributed by atoms with Crippen LogP contribution in [0, 0.1) is 3.57 Å². The van der Waals surface area contributed by atoms with Gasteiger partial charge in [-0.15, -0.1) is 0 Å². The minimum Gasteiger partial charge on any atom is -0.338 e. The van der Waals surface area contributed by atoms with Gasteiger partial charge in [-0.25, -0.2) is 0 Å². The topological polar surface area (TPSA) is 33.2 Å². The van der Waals surface area contributed by atoms with Crippen molar-refractivity contribution in [3.8, 4) is 0 Å². The number of halogens is 1. The number of aromatic nitrogens is 1. The van der Waals surface area contributed by atoms with Crippen molar-refractivity contribution >= 4 is 28.5 Å². The number of rotatable bonds is 1. The Morgan fingerprint density at radius 2 is 2.31 bits per heavy atom. The van der Waals surface area contributed by atoms with E-state index in [-0.39, 0.29) is 5.91 Å². The lowest BCUT2D eigenvalue weighted by Gasteiger charge is -2.31. The van der Waals surface area contributed by atoms with Crippen LogP contribution in [0.4, 0.5) is 0 Å². The van der Waals surface area contributed by atoms with Crippen LogP contribution in [0.5, 0.6) is 0 Å². The normalized spacial score (nSPS) is 15.3. The van der Waals surface area contributed by atoms with Crippen LogP contribution in [0.15, 0.2) is 18.5 Å². The van der Waals surface area contributed by atoms with Crippen LogP contribution < -0.4 is 0 Å². The molecule has 13 heavy (non-hydrogen) atoms.